The maximum atomic E-state index is 4.72. The van der Waals surface area contributed by atoms with E-state index in [9.17, 15) is 0 Å². The zero-order valence-electron chi connectivity index (χ0n) is 13.0. The van der Waals surface area contributed by atoms with Crippen LogP contribution in [0.5, 0.6) is 0 Å². The summed E-state index contributed by atoms with van der Waals surface area (Å²) in [6.45, 7) is 6.43. The molecule has 0 aromatic carbocycles. The molecule has 0 aliphatic carbocycles. The molecule has 0 unspecified atom stereocenters. The highest BCUT2D eigenvalue weighted by Crippen LogP contribution is 2.27. The van der Waals surface area contributed by atoms with Crippen molar-refractivity contribution in [3.8, 4) is 22.8 Å². The van der Waals surface area contributed by atoms with Crippen molar-refractivity contribution in [2.75, 3.05) is 0 Å². The lowest BCUT2D eigenvalue weighted by Crippen LogP contribution is -2.15. The molecule has 4 heteroatoms. The first-order valence-corrected chi connectivity index (χ1v) is 7.25. The van der Waals surface area contributed by atoms with Crippen LogP contribution in [-0.4, -0.2) is 19.9 Å². The Hall–Kier alpha value is -2.62. The van der Waals surface area contributed by atoms with Crippen LogP contribution in [0.4, 0.5) is 0 Å². The Morgan fingerprint density at radius 3 is 2.36 bits per heavy atom. The molecule has 0 aliphatic heterocycles. The molecule has 0 bridgehead atoms. The number of rotatable bonds is 2. The smallest absolute Gasteiger partial charge is 0.161 e. The Labute approximate surface area is 130 Å². The number of aromatic nitrogens is 4. The summed E-state index contributed by atoms with van der Waals surface area (Å²) in [5.74, 6) is 0.682. The number of nitrogens with zero attached hydrogens (tertiary/aromatic N) is 4. The summed E-state index contributed by atoms with van der Waals surface area (Å²) in [7, 11) is 0. The molecule has 0 N–H and O–H groups in total. The summed E-state index contributed by atoms with van der Waals surface area (Å²) in [5, 5.41) is 0. The van der Waals surface area contributed by atoms with Gasteiger partial charge in [-0.25, -0.2) is 9.97 Å². The molecule has 0 fully saturated rings. The van der Waals surface area contributed by atoms with E-state index in [-0.39, 0.29) is 5.41 Å². The van der Waals surface area contributed by atoms with Crippen LogP contribution >= 0.6 is 0 Å². The highest BCUT2D eigenvalue weighted by Gasteiger charge is 2.19. The normalized spacial score (nSPS) is 11.4. The Morgan fingerprint density at radius 2 is 1.73 bits per heavy atom. The van der Waals surface area contributed by atoms with Crippen molar-refractivity contribution in [3.05, 3.63) is 60.7 Å². The second kappa shape index (κ2) is 5.64. The predicted octanol–water partition coefficient (Wildman–Crippen LogP) is 3.90. The van der Waals surface area contributed by atoms with Crippen LogP contribution in [0.25, 0.3) is 22.8 Å². The topological polar surface area (TPSA) is 51.6 Å². The Balaban J connectivity index is 2.19. The van der Waals surface area contributed by atoms with Crippen LogP contribution in [0.2, 0.25) is 0 Å². The first-order valence-electron chi connectivity index (χ1n) is 7.25. The van der Waals surface area contributed by atoms with Gasteiger partial charge in [-0.2, -0.15) is 0 Å². The average molecular weight is 290 g/mol. The van der Waals surface area contributed by atoms with Crippen molar-refractivity contribution in [2.24, 2.45) is 0 Å². The first kappa shape index (κ1) is 14.3. The molecule has 0 spiro atoms. The molecule has 110 valence electrons. The monoisotopic (exact) mass is 290 g/mol. The molecule has 3 heterocycles. The number of hydrogen-bond donors (Lipinski definition) is 0. The average Bonchev–Trinajstić information content (AvgIpc) is 2.55. The molecule has 0 radical (unpaired) electrons. The fourth-order valence-electron chi connectivity index (χ4n) is 2.10. The summed E-state index contributed by atoms with van der Waals surface area (Å²) in [6, 6.07) is 11.7. The van der Waals surface area contributed by atoms with Gasteiger partial charge >= 0.3 is 0 Å². The summed E-state index contributed by atoms with van der Waals surface area (Å²) in [5.41, 5.74) is 3.51. The van der Waals surface area contributed by atoms with Crippen molar-refractivity contribution in [3.63, 3.8) is 0 Å². The minimum absolute atomic E-state index is 0.0660. The third-order valence-corrected chi connectivity index (χ3v) is 3.34. The van der Waals surface area contributed by atoms with Gasteiger partial charge in [0.1, 0.15) is 0 Å². The third kappa shape index (κ3) is 3.01. The lowest BCUT2D eigenvalue weighted by molar-refractivity contribution is 0.568. The third-order valence-electron chi connectivity index (χ3n) is 3.34. The first-order chi connectivity index (χ1) is 10.5. The zero-order chi connectivity index (χ0) is 15.6. The van der Waals surface area contributed by atoms with E-state index in [1.807, 2.05) is 36.4 Å². The summed E-state index contributed by atoms with van der Waals surface area (Å²) >= 11 is 0. The van der Waals surface area contributed by atoms with Gasteiger partial charge in [0, 0.05) is 29.6 Å². The maximum absolute atomic E-state index is 4.72. The van der Waals surface area contributed by atoms with Gasteiger partial charge in [-0.1, -0.05) is 26.8 Å². The van der Waals surface area contributed by atoms with Crippen LogP contribution < -0.4 is 0 Å². The molecule has 0 aliphatic rings. The van der Waals surface area contributed by atoms with E-state index >= 15 is 0 Å². The molecule has 3 aromatic rings. The number of pyridine rings is 2. The van der Waals surface area contributed by atoms with Crippen LogP contribution in [0.15, 0.2) is 55.0 Å². The second-order valence-electron chi connectivity index (χ2n) is 6.17. The Morgan fingerprint density at radius 1 is 0.864 bits per heavy atom. The molecule has 0 amide bonds. The van der Waals surface area contributed by atoms with Crippen LogP contribution in [0, 0.1) is 0 Å². The van der Waals surface area contributed by atoms with Gasteiger partial charge in [-0.3, -0.25) is 9.97 Å². The highest BCUT2D eigenvalue weighted by molar-refractivity contribution is 5.61. The largest absolute Gasteiger partial charge is 0.264 e. The zero-order valence-corrected chi connectivity index (χ0v) is 13.0. The van der Waals surface area contributed by atoms with Crippen molar-refractivity contribution in [2.45, 2.75) is 26.2 Å². The Bertz CT molecular complexity index is 704. The van der Waals surface area contributed by atoms with Gasteiger partial charge in [0.05, 0.1) is 17.1 Å². The van der Waals surface area contributed by atoms with Gasteiger partial charge in [-0.15, -0.1) is 0 Å². The minimum atomic E-state index is -0.0660. The fraction of sp³-hybridized carbons (Fsp3) is 0.222. The van der Waals surface area contributed by atoms with Crippen LogP contribution in [0.1, 0.15) is 26.5 Å². The minimum Gasteiger partial charge on any atom is -0.264 e. The number of hydrogen-bond acceptors (Lipinski definition) is 4. The lowest BCUT2D eigenvalue weighted by Gasteiger charge is -2.19. The van der Waals surface area contributed by atoms with Gasteiger partial charge in [0.15, 0.2) is 5.82 Å². The van der Waals surface area contributed by atoms with Crippen molar-refractivity contribution in [1.29, 1.82) is 0 Å². The summed E-state index contributed by atoms with van der Waals surface area (Å²) < 4.78 is 0. The lowest BCUT2D eigenvalue weighted by atomic mass is 9.91. The van der Waals surface area contributed by atoms with E-state index in [2.05, 4.69) is 35.7 Å². The maximum Gasteiger partial charge on any atom is 0.161 e. The van der Waals surface area contributed by atoms with E-state index < -0.39 is 0 Å². The van der Waals surface area contributed by atoms with E-state index in [0.717, 1.165) is 22.6 Å². The molecule has 4 nitrogen and oxygen atoms in total. The molecule has 3 aromatic heterocycles. The molecule has 22 heavy (non-hydrogen) atoms. The van der Waals surface area contributed by atoms with Gasteiger partial charge in [0.2, 0.25) is 0 Å². The molecule has 0 atom stereocenters. The fourth-order valence-corrected chi connectivity index (χ4v) is 2.10. The second-order valence-corrected chi connectivity index (χ2v) is 6.17. The Kier molecular flexibility index (Phi) is 3.67. The molecule has 0 saturated heterocycles. The van der Waals surface area contributed by atoms with Gasteiger partial charge < -0.3 is 0 Å². The SMILES string of the molecule is CC(C)(C)c1cc(-c2ccccn2)nc(-c2cccnc2)n1. The molecule has 3 rings (SSSR count). The molecule has 0 saturated carbocycles. The van der Waals surface area contributed by atoms with Gasteiger partial charge in [-0.05, 0) is 30.3 Å². The van der Waals surface area contributed by atoms with Crippen molar-refractivity contribution in [1.82, 2.24) is 19.9 Å². The highest BCUT2D eigenvalue weighted by atomic mass is 14.9. The standard InChI is InChI=1S/C18H18N4/c1-18(2,3)16-11-15(14-8-4-5-10-20-14)21-17(22-16)13-7-6-9-19-12-13/h4-12H,1-3H3. The predicted molar refractivity (Wildman–Crippen MR) is 87.2 cm³/mol. The van der Waals surface area contributed by atoms with Crippen LogP contribution in [-0.2, 0) is 5.41 Å². The van der Waals surface area contributed by atoms with E-state index in [1.165, 1.54) is 0 Å². The van der Waals surface area contributed by atoms with Gasteiger partial charge in [0.25, 0.3) is 0 Å². The van der Waals surface area contributed by atoms with Crippen molar-refractivity contribution < 1.29 is 0 Å². The molecular formula is C18H18N4. The van der Waals surface area contributed by atoms with E-state index in [1.54, 1.807) is 18.6 Å². The van der Waals surface area contributed by atoms with E-state index in [0.29, 0.717) is 5.82 Å². The quantitative estimate of drug-likeness (QED) is 0.718. The summed E-state index contributed by atoms with van der Waals surface area (Å²) in [6.07, 6.45) is 5.30. The van der Waals surface area contributed by atoms with Crippen LogP contribution in [0.3, 0.4) is 0 Å². The van der Waals surface area contributed by atoms with E-state index in [4.69, 9.17) is 4.98 Å². The van der Waals surface area contributed by atoms with Crippen molar-refractivity contribution >= 4 is 0 Å². The summed E-state index contributed by atoms with van der Waals surface area (Å²) in [4.78, 5) is 18.0. The molecular weight excluding hydrogens is 272 g/mol.